The fourth-order valence-electron chi connectivity index (χ4n) is 3.34. The highest BCUT2D eigenvalue weighted by Crippen LogP contribution is 2.26. The standard InChI is InChI=1S/C25H40O4/c1-16(2)22-12-11-17(3)9-8-10-18(4)13-23(14-19(5)24(27)15-22)29-25(28)20(6)21(7)26/h10-11,14,20-24,26-27H,1,8-9,12-13,15H2,2-7H3/b17-11+,18-10+,19-14+/t20?,21?,22?,23-,24+/m1/s1. The Morgan fingerprint density at radius 1 is 1.21 bits per heavy atom. The molecule has 1 rings (SSSR count). The van der Waals surface area contributed by atoms with Crippen LogP contribution < -0.4 is 0 Å². The molecule has 164 valence electrons. The Labute approximate surface area is 177 Å². The van der Waals surface area contributed by atoms with Gasteiger partial charge in [-0.25, -0.2) is 0 Å². The zero-order valence-electron chi connectivity index (χ0n) is 19.1. The van der Waals surface area contributed by atoms with Crippen LogP contribution in [0.1, 0.15) is 73.6 Å². The molecule has 0 saturated heterocycles. The first-order chi connectivity index (χ1) is 13.5. The molecule has 5 atom stereocenters. The van der Waals surface area contributed by atoms with Gasteiger partial charge in [0, 0.05) is 6.42 Å². The number of hydrogen-bond donors (Lipinski definition) is 2. The minimum absolute atomic E-state index is 0.208. The first-order valence-corrected chi connectivity index (χ1v) is 10.7. The maximum absolute atomic E-state index is 12.4. The molecule has 0 bridgehead atoms. The van der Waals surface area contributed by atoms with E-state index in [1.54, 1.807) is 13.8 Å². The number of rotatable bonds is 4. The second-order valence-corrected chi connectivity index (χ2v) is 8.79. The fraction of sp³-hybridized carbons (Fsp3) is 0.640. The molecule has 29 heavy (non-hydrogen) atoms. The Morgan fingerprint density at radius 2 is 1.86 bits per heavy atom. The molecule has 0 amide bonds. The van der Waals surface area contributed by atoms with Crippen molar-refractivity contribution < 1.29 is 19.7 Å². The van der Waals surface area contributed by atoms with Crippen molar-refractivity contribution in [2.45, 2.75) is 92.0 Å². The molecule has 0 saturated carbocycles. The quantitative estimate of drug-likeness (QED) is 0.495. The summed E-state index contributed by atoms with van der Waals surface area (Å²) in [5, 5.41) is 20.5. The molecule has 0 fully saturated rings. The van der Waals surface area contributed by atoms with Crippen LogP contribution in [0.15, 0.2) is 47.1 Å². The Hall–Kier alpha value is -1.65. The minimum atomic E-state index is -0.764. The minimum Gasteiger partial charge on any atom is -0.457 e. The Balaban J connectivity index is 3.14. The largest absolute Gasteiger partial charge is 0.457 e. The molecule has 4 heteroatoms. The van der Waals surface area contributed by atoms with Gasteiger partial charge in [0.25, 0.3) is 0 Å². The van der Waals surface area contributed by atoms with Crippen molar-refractivity contribution in [3.8, 4) is 0 Å². The lowest BCUT2D eigenvalue weighted by Crippen LogP contribution is -2.29. The van der Waals surface area contributed by atoms with Crippen LogP contribution in [0, 0.1) is 11.8 Å². The van der Waals surface area contributed by atoms with Crippen molar-refractivity contribution in [1.29, 1.82) is 0 Å². The summed E-state index contributed by atoms with van der Waals surface area (Å²) < 4.78 is 5.70. The Bertz CT molecular complexity index is 654. The van der Waals surface area contributed by atoms with Crippen LogP contribution in [-0.2, 0) is 9.53 Å². The van der Waals surface area contributed by atoms with Gasteiger partial charge in [0.05, 0.1) is 18.1 Å². The molecule has 0 aromatic rings. The van der Waals surface area contributed by atoms with Crippen LogP contribution >= 0.6 is 0 Å². The summed E-state index contributed by atoms with van der Waals surface area (Å²) in [7, 11) is 0. The summed E-state index contributed by atoms with van der Waals surface area (Å²) in [4.78, 5) is 12.4. The van der Waals surface area contributed by atoms with Crippen LogP contribution in [-0.4, -0.2) is 34.5 Å². The van der Waals surface area contributed by atoms with Gasteiger partial charge in [-0.3, -0.25) is 4.79 Å². The summed E-state index contributed by atoms with van der Waals surface area (Å²) in [6.07, 6.45) is 8.46. The van der Waals surface area contributed by atoms with Gasteiger partial charge in [-0.1, -0.05) is 35.5 Å². The predicted molar refractivity (Wildman–Crippen MR) is 119 cm³/mol. The summed E-state index contributed by atoms with van der Waals surface area (Å²) in [5.41, 5.74) is 4.35. The molecule has 0 radical (unpaired) electrons. The second-order valence-electron chi connectivity index (χ2n) is 8.79. The maximum Gasteiger partial charge on any atom is 0.311 e. The number of aliphatic hydroxyl groups excluding tert-OH is 2. The van der Waals surface area contributed by atoms with E-state index in [2.05, 4.69) is 25.7 Å². The number of hydrogen-bond acceptors (Lipinski definition) is 4. The van der Waals surface area contributed by atoms with Crippen molar-refractivity contribution in [2.24, 2.45) is 11.8 Å². The van der Waals surface area contributed by atoms with Crippen molar-refractivity contribution >= 4 is 5.97 Å². The van der Waals surface area contributed by atoms with E-state index in [1.807, 2.05) is 26.8 Å². The van der Waals surface area contributed by atoms with Gasteiger partial charge in [0.2, 0.25) is 0 Å². The highest BCUT2D eigenvalue weighted by molar-refractivity contribution is 5.73. The highest BCUT2D eigenvalue weighted by atomic mass is 16.5. The molecule has 4 nitrogen and oxygen atoms in total. The summed E-state index contributed by atoms with van der Waals surface area (Å²) in [5.74, 6) is -0.803. The van der Waals surface area contributed by atoms with E-state index in [0.717, 1.165) is 36.0 Å². The first kappa shape index (κ1) is 25.4. The van der Waals surface area contributed by atoms with Gasteiger partial charge in [-0.05, 0) is 84.8 Å². The number of ether oxygens (including phenoxy) is 1. The zero-order valence-corrected chi connectivity index (χ0v) is 19.1. The van der Waals surface area contributed by atoms with E-state index in [4.69, 9.17) is 4.74 Å². The number of aliphatic hydroxyl groups is 2. The third kappa shape index (κ3) is 9.14. The zero-order chi connectivity index (χ0) is 22.1. The third-order valence-electron chi connectivity index (χ3n) is 5.85. The van der Waals surface area contributed by atoms with Crippen LogP contribution in [0.2, 0.25) is 0 Å². The number of carbonyl (C=O) groups is 1. The van der Waals surface area contributed by atoms with E-state index >= 15 is 0 Å². The number of esters is 1. The van der Waals surface area contributed by atoms with Crippen LogP contribution in [0.4, 0.5) is 0 Å². The van der Waals surface area contributed by atoms with Crippen LogP contribution in [0.25, 0.3) is 0 Å². The monoisotopic (exact) mass is 404 g/mol. The molecule has 0 aromatic carbocycles. The van der Waals surface area contributed by atoms with Gasteiger partial charge in [-0.2, -0.15) is 0 Å². The molecule has 2 N–H and O–H groups in total. The SMILES string of the molecule is C=C(C)C1C/C=C(\C)CC/C=C(\C)C[C@@H](OC(=O)C(C)C(C)O)/C=C(\C)[C@@H](O)C1. The van der Waals surface area contributed by atoms with Crippen molar-refractivity contribution in [1.82, 2.24) is 0 Å². The summed E-state index contributed by atoms with van der Waals surface area (Å²) in [6.45, 7) is 15.4. The molecule has 1 aliphatic carbocycles. The van der Waals surface area contributed by atoms with Crippen molar-refractivity contribution in [3.63, 3.8) is 0 Å². The van der Waals surface area contributed by atoms with E-state index in [9.17, 15) is 15.0 Å². The van der Waals surface area contributed by atoms with E-state index in [-0.39, 0.29) is 5.92 Å². The first-order valence-electron chi connectivity index (χ1n) is 10.7. The van der Waals surface area contributed by atoms with E-state index < -0.39 is 30.2 Å². The van der Waals surface area contributed by atoms with E-state index in [0.29, 0.717) is 12.8 Å². The van der Waals surface area contributed by atoms with Gasteiger partial charge in [0.1, 0.15) is 6.10 Å². The average Bonchev–Trinajstić information content (AvgIpc) is 2.62. The molecule has 3 unspecified atom stereocenters. The number of carbonyl (C=O) groups excluding carboxylic acids is 1. The Morgan fingerprint density at radius 3 is 2.45 bits per heavy atom. The molecule has 0 aromatic heterocycles. The molecule has 0 aliphatic heterocycles. The maximum atomic E-state index is 12.4. The highest BCUT2D eigenvalue weighted by Gasteiger charge is 2.24. The lowest BCUT2D eigenvalue weighted by Gasteiger charge is -2.23. The molecule has 1 aliphatic rings. The molecular formula is C25H40O4. The van der Waals surface area contributed by atoms with E-state index in [1.165, 1.54) is 5.57 Å². The number of allylic oxidation sites excluding steroid dienone is 4. The third-order valence-corrected chi connectivity index (χ3v) is 5.85. The Kier molecular flexibility index (Phi) is 10.6. The smallest absolute Gasteiger partial charge is 0.311 e. The summed E-state index contributed by atoms with van der Waals surface area (Å²) in [6, 6.07) is 0. The second kappa shape index (κ2) is 12.1. The van der Waals surface area contributed by atoms with Crippen molar-refractivity contribution in [2.75, 3.05) is 0 Å². The summed E-state index contributed by atoms with van der Waals surface area (Å²) >= 11 is 0. The van der Waals surface area contributed by atoms with Gasteiger partial charge < -0.3 is 14.9 Å². The van der Waals surface area contributed by atoms with Gasteiger partial charge >= 0.3 is 5.97 Å². The average molecular weight is 405 g/mol. The van der Waals surface area contributed by atoms with Gasteiger partial charge in [0.15, 0.2) is 0 Å². The molecule has 0 spiro atoms. The molecule has 0 heterocycles. The van der Waals surface area contributed by atoms with Gasteiger partial charge in [-0.15, -0.1) is 0 Å². The van der Waals surface area contributed by atoms with Crippen molar-refractivity contribution in [3.05, 3.63) is 47.1 Å². The predicted octanol–water partition coefficient (Wildman–Crippen LogP) is 5.27. The topological polar surface area (TPSA) is 66.8 Å². The molecular weight excluding hydrogens is 364 g/mol. The van der Waals surface area contributed by atoms with Crippen LogP contribution in [0.3, 0.4) is 0 Å². The lowest BCUT2D eigenvalue weighted by atomic mass is 9.88. The fourth-order valence-corrected chi connectivity index (χ4v) is 3.34. The van der Waals surface area contributed by atoms with Crippen LogP contribution in [0.5, 0.6) is 0 Å². The lowest BCUT2D eigenvalue weighted by molar-refractivity contribution is -0.154. The normalized spacial score (nSPS) is 32.3.